The van der Waals surface area contributed by atoms with E-state index in [1.165, 1.54) is 0 Å². The lowest BCUT2D eigenvalue weighted by atomic mass is 10.1. The van der Waals surface area contributed by atoms with Crippen LogP contribution in [-0.2, 0) is 25.6 Å². The number of carbonyl (C=O) groups is 3. The van der Waals surface area contributed by atoms with E-state index in [2.05, 4.69) is 5.32 Å². The Hall–Kier alpha value is -2.41. The summed E-state index contributed by atoms with van der Waals surface area (Å²) in [7, 11) is 0. The lowest BCUT2D eigenvalue weighted by Crippen LogP contribution is -2.42. The topological polar surface area (TPSA) is 108 Å². The second kappa shape index (κ2) is 10.4. The molecule has 132 valence electrons. The monoisotopic (exact) mass is 336 g/mol. The number of nitrogens with one attached hydrogen (secondary N) is 1. The van der Waals surface area contributed by atoms with Crippen molar-refractivity contribution < 1.29 is 23.9 Å². The van der Waals surface area contributed by atoms with Gasteiger partial charge in [0.2, 0.25) is 0 Å². The van der Waals surface area contributed by atoms with E-state index in [1.54, 1.807) is 38.1 Å². The van der Waals surface area contributed by atoms with Gasteiger partial charge in [-0.25, -0.2) is 4.79 Å². The SMILES string of the molecule is CCOC(=O)CC[C@H](NC(=O)c1ccc(CN)cc1)C(=O)OCC. The second-order valence-electron chi connectivity index (χ2n) is 5.02. The Labute approximate surface area is 141 Å². The lowest BCUT2D eigenvalue weighted by Gasteiger charge is -2.17. The molecule has 0 aromatic heterocycles. The number of amides is 1. The van der Waals surface area contributed by atoms with Crippen LogP contribution in [0.25, 0.3) is 0 Å². The van der Waals surface area contributed by atoms with Crippen LogP contribution in [0.1, 0.15) is 42.6 Å². The van der Waals surface area contributed by atoms with E-state index >= 15 is 0 Å². The minimum absolute atomic E-state index is 0.0176. The molecule has 0 aliphatic heterocycles. The van der Waals surface area contributed by atoms with Crippen LogP contribution >= 0.6 is 0 Å². The summed E-state index contributed by atoms with van der Waals surface area (Å²) in [6.45, 7) is 4.21. The van der Waals surface area contributed by atoms with E-state index < -0.39 is 23.9 Å². The molecule has 3 N–H and O–H groups in total. The van der Waals surface area contributed by atoms with Crippen molar-refractivity contribution in [3.8, 4) is 0 Å². The van der Waals surface area contributed by atoms with Gasteiger partial charge in [0.05, 0.1) is 13.2 Å². The number of nitrogens with two attached hydrogens (primary N) is 1. The molecule has 0 saturated carbocycles. The molecule has 0 unspecified atom stereocenters. The van der Waals surface area contributed by atoms with Gasteiger partial charge in [-0.3, -0.25) is 9.59 Å². The van der Waals surface area contributed by atoms with Crippen molar-refractivity contribution >= 4 is 17.8 Å². The first-order valence-electron chi connectivity index (χ1n) is 7.93. The number of rotatable bonds is 9. The predicted molar refractivity (Wildman–Crippen MR) is 88.1 cm³/mol. The molecule has 0 saturated heterocycles. The quantitative estimate of drug-likeness (QED) is 0.655. The van der Waals surface area contributed by atoms with Crippen LogP contribution in [0.15, 0.2) is 24.3 Å². The summed E-state index contributed by atoms with van der Waals surface area (Å²) >= 11 is 0. The average molecular weight is 336 g/mol. The van der Waals surface area contributed by atoms with E-state index in [4.69, 9.17) is 15.2 Å². The molecule has 1 aromatic carbocycles. The molecule has 0 spiro atoms. The van der Waals surface area contributed by atoms with Crippen LogP contribution < -0.4 is 11.1 Å². The molecular formula is C17H24N2O5. The maximum Gasteiger partial charge on any atom is 0.328 e. The number of benzene rings is 1. The highest BCUT2D eigenvalue weighted by atomic mass is 16.5. The van der Waals surface area contributed by atoms with Crippen LogP contribution in [-0.4, -0.2) is 37.1 Å². The Kier molecular flexibility index (Phi) is 8.49. The third-order valence-corrected chi connectivity index (χ3v) is 3.27. The van der Waals surface area contributed by atoms with Gasteiger partial charge in [-0.15, -0.1) is 0 Å². The summed E-state index contributed by atoms with van der Waals surface area (Å²) in [5, 5.41) is 2.60. The van der Waals surface area contributed by atoms with Crippen LogP contribution in [0.4, 0.5) is 0 Å². The zero-order chi connectivity index (χ0) is 17.9. The van der Waals surface area contributed by atoms with Crippen molar-refractivity contribution in [2.75, 3.05) is 13.2 Å². The van der Waals surface area contributed by atoms with E-state index in [0.717, 1.165) is 5.56 Å². The van der Waals surface area contributed by atoms with Gasteiger partial charge in [0.25, 0.3) is 5.91 Å². The first-order valence-corrected chi connectivity index (χ1v) is 7.93. The molecule has 0 aliphatic carbocycles. The van der Waals surface area contributed by atoms with Gasteiger partial charge in [0, 0.05) is 18.5 Å². The highest BCUT2D eigenvalue weighted by molar-refractivity contribution is 5.96. The molecule has 0 fully saturated rings. The Morgan fingerprint density at radius 2 is 1.71 bits per heavy atom. The van der Waals surface area contributed by atoms with Crippen LogP contribution in [0.5, 0.6) is 0 Å². The number of esters is 2. The smallest absolute Gasteiger partial charge is 0.328 e. The molecule has 1 atom stereocenters. The maximum atomic E-state index is 12.3. The van der Waals surface area contributed by atoms with Gasteiger partial charge in [-0.05, 0) is 38.0 Å². The van der Waals surface area contributed by atoms with Crippen LogP contribution in [0.3, 0.4) is 0 Å². The number of hydrogen-bond acceptors (Lipinski definition) is 6. The summed E-state index contributed by atoms with van der Waals surface area (Å²) in [6.07, 6.45) is 0.133. The zero-order valence-electron chi connectivity index (χ0n) is 14.0. The van der Waals surface area contributed by atoms with E-state index in [9.17, 15) is 14.4 Å². The van der Waals surface area contributed by atoms with Crippen LogP contribution in [0, 0.1) is 0 Å². The largest absolute Gasteiger partial charge is 0.466 e. The van der Waals surface area contributed by atoms with E-state index in [0.29, 0.717) is 12.1 Å². The van der Waals surface area contributed by atoms with Crippen molar-refractivity contribution in [2.24, 2.45) is 5.73 Å². The molecule has 1 aromatic rings. The lowest BCUT2D eigenvalue weighted by molar-refractivity contribution is -0.146. The van der Waals surface area contributed by atoms with Gasteiger partial charge in [0.1, 0.15) is 6.04 Å². The van der Waals surface area contributed by atoms with Crippen molar-refractivity contribution in [1.82, 2.24) is 5.32 Å². The molecule has 0 radical (unpaired) electrons. The standard InChI is InChI=1S/C17H24N2O5/c1-3-23-15(20)10-9-14(17(22)24-4-2)19-16(21)13-7-5-12(11-18)6-8-13/h5-8,14H,3-4,9-11,18H2,1-2H3,(H,19,21)/t14-/m0/s1. The fourth-order valence-electron chi connectivity index (χ4n) is 2.02. The van der Waals surface area contributed by atoms with E-state index in [-0.39, 0.29) is 26.1 Å². The Bertz CT molecular complexity index is 557. The zero-order valence-corrected chi connectivity index (χ0v) is 14.0. The fraction of sp³-hybridized carbons (Fsp3) is 0.471. The van der Waals surface area contributed by atoms with Crippen molar-refractivity contribution in [2.45, 2.75) is 39.3 Å². The molecule has 0 aliphatic rings. The molecule has 0 heterocycles. The molecule has 0 bridgehead atoms. The molecule has 1 amide bonds. The van der Waals surface area contributed by atoms with Gasteiger partial charge >= 0.3 is 11.9 Å². The Balaban J connectivity index is 2.72. The van der Waals surface area contributed by atoms with Crippen molar-refractivity contribution in [1.29, 1.82) is 0 Å². The third-order valence-electron chi connectivity index (χ3n) is 3.27. The molecular weight excluding hydrogens is 312 g/mol. The molecule has 24 heavy (non-hydrogen) atoms. The van der Waals surface area contributed by atoms with Gasteiger partial charge < -0.3 is 20.5 Å². The summed E-state index contributed by atoms with van der Waals surface area (Å²) in [5.41, 5.74) is 6.82. The van der Waals surface area contributed by atoms with Crippen molar-refractivity contribution in [3.63, 3.8) is 0 Å². The number of ether oxygens (including phenoxy) is 2. The number of carbonyl (C=O) groups excluding carboxylic acids is 3. The van der Waals surface area contributed by atoms with Gasteiger partial charge in [-0.1, -0.05) is 12.1 Å². The van der Waals surface area contributed by atoms with E-state index in [1.807, 2.05) is 0 Å². The first-order chi connectivity index (χ1) is 11.5. The highest BCUT2D eigenvalue weighted by Gasteiger charge is 2.23. The summed E-state index contributed by atoms with van der Waals surface area (Å²) < 4.78 is 9.78. The minimum Gasteiger partial charge on any atom is -0.466 e. The van der Waals surface area contributed by atoms with Crippen LogP contribution in [0.2, 0.25) is 0 Å². The Morgan fingerprint density at radius 3 is 2.25 bits per heavy atom. The average Bonchev–Trinajstić information content (AvgIpc) is 2.58. The highest BCUT2D eigenvalue weighted by Crippen LogP contribution is 2.07. The molecule has 7 nitrogen and oxygen atoms in total. The number of hydrogen-bond donors (Lipinski definition) is 2. The summed E-state index contributed by atoms with van der Waals surface area (Å²) in [6, 6.07) is 5.84. The normalized spacial score (nSPS) is 11.5. The van der Waals surface area contributed by atoms with Gasteiger partial charge in [0.15, 0.2) is 0 Å². The fourth-order valence-corrected chi connectivity index (χ4v) is 2.02. The summed E-state index contributed by atoms with van der Waals surface area (Å²) in [4.78, 5) is 35.7. The van der Waals surface area contributed by atoms with Gasteiger partial charge in [-0.2, -0.15) is 0 Å². The van der Waals surface area contributed by atoms with Crippen molar-refractivity contribution in [3.05, 3.63) is 35.4 Å². The minimum atomic E-state index is -0.906. The molecule has 1 rings (SSSR count). The molecule has 7 heteroatoms. The predicted octanol–water partition coefficient (Wildman–Crippen LogP) is 1.15. The second-order valence-corrected chi connectivity index (χ2v) is 5.02. The third kappa shape index (κ3) is 6.37. The first kappa shape index (κ1) is 19.6. The summed E-state index contributed by atoms with van der Waals surface area (Å²) in [5.74, 6) is -1.41. The maximum absolute atomic E-state index is 12.3. The Morgan fingerprint density at radius 1 is 1.08 bits per heavy atom.